The molecule has 9 nitrogen and oxygen atoms in total. The number of likely N-dealkylation sites (tertiary alicyclic amines) is 1. The van der Waals surface area contributed by atoms with Gasteiger partial charge in [0.15, 0.2) is 0 Å². The van der Waals surface area contributed by atoms with Crippen molar-refractivity contribution in [3.05, 3.63) is 67.6 Å². The monoisotopic (exact) mass is 642 g/mol. The molecule has 1 atom stereocenters. The van der Waals surface area contributed by atoms with Crippen LogP contribution in [-0.4, -0.2) is 75.5 Å². The van der Waals surface area contributed by atoms with Crippen molar-refractivity contribution in [1.29, 1.82) is 0 Å². The molecule has 1 fully saturated rings. The number of amides is 1. The number of carbonyl (C=O) groups excluding carboxylic acids is 3. The third kappa shape index (κ3) is 11.7. The van der Waals surface area contributed by atoms with Crippen LogP contribution in [0.5, 0.6) is 0 Å². The maximum Gasteiger partial charge on any atom is 0.475 e. The van der Waals surface area contributed by atoms with Gasteiger partial charge in [0.05, 0.1) is 17.3 Å². The number of rotatable bonds is 9. The van der Waals surface area contributed by atoms with E-state index in [1.165, 1.54) is 0 Å². The van der Waals surface area contributed by atoms with Crippen LogP contribution in [0.15, 0.2) is 48.8 Å². The molecule has 1 amide bonds. The molecule has 187 valence electrons. The summed E-state index contributed by atoms with van der Waals surface area (Å²) in [6.45, 7) is 9.21. The van der Waals surface area contributed by atoms with Gasteiger partial charge in [-0.2, -0.15) is 0 Å². The van der Waals surface area contributed by atoms with Crippen molar-refractivity contribution in [2.24, 2.45) is 0 Å². The molecule has 1 aliphatic rings. The summed E-state index contributed by atoms with van der Waals surface area (Å²) in [7, 11) is -1.46. The van der Waals surface area contributed by atoms with Crippen LogP contribution in [0.2, 0.25) is 0 Å². The molecule has 0 bridgehead atoms. The zero-order chi connectivity index (χ0) is 23.8. The Morgan fingerprint density at radius 1 is 1.03 bits per heavy atom. The van der Waals surface area contributed by atoms with Crippen molar-refractivity contribution in [3.63, 3.8) is 0 Å². The van der Waals surface area contributed by atoms with Crippen LogP contribution in [0.3, 0.4) is 0 Å². The molecular formula is C23H32BN4O5Re-3. The van der Waals surface area contributed by atoms with E-state index in [4.69, 9.17) is 9.59 Å². The van der Waals surface area contributed by atoms with Gasteiger partial charge in [0.1, 0.15) is 0 Å². The van der Waals surface area contributed by atoms with E-state index in [9.17, 15) is 14.8 Å². The summed E-state index contributed by atoms with van der Waals surface area (Å²) < 4.78 is 0. The van der Waals surface area contributed by atoms with Crippen LogP contribution in [-0.2, 0) is 47.9 Å². The van der Waals surface area contributed by atoms with Gasteiger partial charge in [-0.05, 0) is 50.1 Å². The zero-order valence-electron chi connectivity index (χ0n) is 19.4. The first-order chi connectivity index (χ1) is 15.6. The number of hydrogen-bond acceptors (Lipinski definition) is 8. The Kier molecular flexibility index (Phi) is 20.1. The van der Waals surface area contributed by atoms with Crippen LogP contribution < -0.4 is 0 Å². The Balaban J connectivity index is 0. The molecule has 1 aliphatic heterocycles. The van der Waals surface area contributed by atoms with Crippen LogP contribution in [0.1, 0.15) is 37.1 Å². The maximum absolute atomic E-state index is 12.5. The predicted molar refractivity (Wildman–Crippen MR) is 127 cm³/mol. The summed E-state index contributed by atoms with van der Waals surface area (Å²) in [5.74, 6) is -0.475. The SMILES string of the molecule is O=C(CCCN(Cc1ccccn1)Cc1ccccn1)N1CCCC1B(O)O.[CH-]=O.[CH-]=O.[CH3-].[Re]. The van der Waals surface area contributed by atoms with Crippen molar-refractivity contribution in [2.45, 2.75) is 44.7 Å². The van der Waals surface area contributed by atoms with Crippen LogP contribution in [0.4, 0.5) is 0 Å². The fourth-order valence-electron chi connectivity index (χ4n) is 3.67. The molecule has 3 rings (SSSR count). The Labute approximate surface area is 216 Å². The van der Waals surface area contributed by atoms with Gasteiger partial charge >= 0.3 is 7.12 Å². The number of pyridine rings is 2. The van der Waals surface area contributed by atoms with Gasteiger partial charge in [0.25, 0.3) is 0 Å². The van der Waals surface area contributed by atoms with E-state index in [2.05, 4.69) is 28.4 Å². The second kappa shape index (κ2) is 20.1. The van der Waals surface area contributed by atoms with Gasteiger partial charge in [0.2, 0.25) is 5.91 Å². The van der Waals surface area contributed by atoms with Crippen LogP contribution in [0, 0.1) is 7.43 Å². The zero-order valence-corrected chi connectivity index (χ0v) is 22.1. The summed E-state index contributed by atoms with van der Waals surface area (Å²) >= 11 is 0. The second-order valence-corrected chi connectivity index (χ2v) is 7.17. The second-order valence-electron chi connectivity index (χ2n) is 7.17. The average molecular weight is 642 g/mol. The van der Waals surface area contributed by atoms with Crippen molar-refractivity contribution in [3.8, 4) is 0 Å². The number of hydrogen-bond donors (Lipinski definition) is 2. The van der Waals surface area contributed by atoms with Gasteiger partial charge < -0.3 is 32.0 Å². The van der Waals surface area contributed by atoms with Crippen LogP contribution >= 0.6 is 0 Å². The number of aromatic nitrogens is 2. The summed E-state index contributed by atoms with van der Waals surface area (Å²) in [5.41, 5.74) is 1.96. The van der Waals surface area contributed by atoms with Gasteiger partial charge in [-0.25, -0.2) is 0 Å². The van der Waals surface area contributed by atoms with E-state index in [1.807, 2.05) is 36.4 Å². The van der Waals surface area contributed by atoms with Gasteiger partial charge in [-0.1, -0.05) is 12.1 Å². The molecule has 3 heterocycles. The molecule has 0 spiro atoms. The van der Waals surface area contributed by atoms with E-state index in [1.54, 1.807) is 17.3 Å². The summed E-state index contributed by atoms with van der Waals surface area (Å²) in [4.78, 5) is 40.7. The molecule has 1 radical (unpaired) electrons. The van der Waals surface area contributed by atoms with Crippen LogP contribution in [0.25, 0.3) is 0 Å². The quantitative estimate of drug-likeness (QED) is 0.238. The molecule has 0 saturated carbocycles. The van der Waals surface area contributed by atoms with Crippen molar-refractivity contribution in [1.82, 2.24) is 19.8 Å². The normalized spacial score (nSPS) is 13.9. The Hall–Kier alpha value is -2.28. The molecule has 2 aromatic rings. The van der Waals surface area contributed by atoms with Crippen molar-refractivity contribution in [2.75, 3.05) is 13.1 Å². The molecule has 2 aromatic heterocycles. The molecule has 1 saturated heterocycles. The summed E-state index contributed by atoms with van der Waals surface area (Å²) in [5, 5.41) is 18.9. The van der Waals surface area contributed by atoms with E-state index in [0.29, 0.717) is 38.9 Å². The standard InChI is InChI=1S/C20H27BN4O3.2CHO.CH3.Re/c26-20(25-14-5-9-19(25)21(27)28)10-6-13-24(15-17-7-1-3-11-22-17)16-18-8-2-4-12-23-18;2*1-2;;/h1-4,7-8,11-12,19,27-28H,5-6,9-10,13-16H2;2*1H;1H3;/q;3*-1;. The third-order valence-electron chi connectivity index (χ3n) is 5.05. The first-order valence-electron chi connectivity index (χ1n) is 10.3. The van der Waals surface area contributed by atoms with Gasteiger partial charge in [-0.15, -0.1) is 0 Å². The minimum absolute atomic E-state index is 0. The van der Waals surface area contributed by atoms with Gasteiger partial charge in [0, 0.05) is 58.9 Å². The molecule has 0 aromatic carbocycles. The van der Waals surface area contributed by atoms with E-state index in [-0.39, 0.29) is 33.8 Å². The molecule has 0 aliphatic carbocycles. The number of carbonyl (C=O) groups is 1. The van der Waals surface area contributed by atoms with E-state index < -0.39 is 13.1 Å². The molecular weight excluding hydrogens is 609 g/mol. The smallest absolute Gasteiger partial charge is 0.475 e. The number of nitrogens with zero attached hydrogens (tertiary/aromatic N) is 4. The summed E-state index contributed by atoms with van der Waals surface area (Å²) in [6.07, 6.45) is 6.12. The topological polar surface area (TPSA) is 124 Å². The van der Waals surface area contributed by atoms with E-state index in [0.717, 1.165) is 24.4 Å². The fraction of sp³-hybridized carbons (Fsp3) is 0.391. The first-order valence-corrected chi connectivity index (χ1v) is 10.3. The molecule has 1 unspecified atom stereocenters. The Bertz CT molecular complexity index is 733. The Morgan fingerprint density at radius 3 is 2.00 bits per heavy atom. The average Bonchev–Trinajstić information content (AvgIpc) is 3.34. The first kappa shape index (κ1) is 33.9. The molecule has 11 heteroatoms. The minimum Gasteiger partial charge on any atom is -0.545 e. The van der Waals surface area contributed by atoms with Crippen molar-refractivity contribution < 1.29 is 44.9 Å². The fourth-order valence-corrected chi connectivity index (χ4v) is 3.67. The van der Waals surface area contributed by atoms with Crippen molar-refractivity contribution >= 4 is 26.6 Å². The molecule has 34 heavy (non-hydrogen) atoms. The summed E-state index contributed by atoms with van der Waals surface area (Å²) in [6, 6.07) is 11.7. The predicted octanol–water partition coefficient (Wildman–Crippen LogP) is 1.16. The van der Waals surface area contributed by atoms with Gasteiger partial charge in [-0.3, -0.25) is 33.2 Å². The largest absolute Gasteiger partial charge is 0.545 e. The van der Waals surface area contributed by atoms with E-state index >= 15 is 0 Å². The Morgan fingerprint density at radius 2 is 1.56 bits per heavy atom. The maximum atomic E-state index is 12.5. The third-order valence-corrected chi connectivity index (χ3v) is 5.05. The minimum atomic E-state index is -1.46. The molecule has 2 N–H and O–H groups in total.